The van der Waals surface area contributed by atoms with Gasteiger partial charge in [-0.25, -0.2) is 0 Å². The normalized spacial score (nSPS) is 10.6. The molecule has 130 valence electrons. The molecule has 0 aliphatic rings. The average molecular weight is 356 g/mol. The van der Waals surface area contributed by atoms with Gasteiger partial charge in [0.05, 0.1) is 17.7 Å². The zero-order chi connectivity index (χ0) is 17.2. The van der Waals surface area contributed by atoms with Gasteiger partial charge in [-0.2, -0.15) is 5.10 Å². The predicted molar refractivity (Wildman–Crippen MR) is 91.5 cm³/mol. The van der Waals surface area contributed by atoms with Crippen LogP contribution in [0.15, 0.2) is 30.6 Å². The van der Waals surface area contributed by atoms with Crippen LogP contribution < -0.4 is 15.8 Å². The quantitative estimate of drug-likeness (QED) is 0.481. The second-order valence-corrected chi connectivity index (χ2v) is 5.37. The number of nitrogens with zero attached hydrogens (tertiary/aromatic N) is 3. The SMILES string of the molecule is COc1ccc(NC(=O)C(C)(C)n2cc([N+](=O)[O-])cn2)cc1N.Cl. The number of nitro groups is 1. The number of methoxy groups -OCH3 is 1. The average Bonchev–Trinajstić information content (AvgIpc) is 2.98. The monoisotopic (exact) mass is 355 g/mol. The van der Waals surface area contributed by atoms with Crippen LogP contribution in [0.1, 0.15) is 13.8 Å². The van der Waals surface area contributed by atoms with Crippen LogP contribution in [0.5, 0.6) is 5.75 Å². The second-order valence-electron chi connectivity index (χ2n) is 5.37. The van der Waals surface area contributed by atoms with E-state index < -0.39 is 10.5 Å². The maximum atomic E-state index is 12.5. The second kappa shape index (κ2) is 7.18. The molecule has 2 rings (SSSR count). The Kier molecular flexibility index (Phi) is 5.75. The Morgan fingerprint density at radius 2 is 2.12 bits per heavy atom. The number of halogens is 1. The molecule has 3 N–H and O–H groups in total. The summed E-state index contributed by atoms with van der Waals surface area (Å²) in [5.74, 6) is 0.116. The molecule has 1 aromatic heterocycles. The standard InChI is InChI=1S/C14H17N5O4.ClH/c1-14(2,18-8-10(7-16-18)19(21)22)13(20)17-9-4-5-12(23-3)11(15)6-9;/h4-8H,15H2,1-3H3,(H,17,20);1H. The molecule has 0 radical (unpaired) electrons. The van der Waals surface area contributed by atoms with Gasteiger partial charge in [-0.05, 0) is 32.0 Å². The number of nitrogen functional groups attached to an aromatic ring is 1. The van der Waals surface area contributed by atoms with Gasteiger partial charge >= 0.3 is 5.69 Å². The van der Waals surface area contributed by atoms with Gasteiger partial charge in [-0.3, -0.25) is 19.6 Å². The Labute approximate surface area is 144 Å². The molecule has 0 saturated heterocycles. The molecular formula is C14H18ClN5O4. The van der Waals surface area contributed by atoms with Crippen molar-refractivity contribution in [2.75, 3.05) is 18.2 Å². The van der Waals surface area contributed by atoms with Crippen LogP contribution in [-0.2, 0) is 10.3 Å². The van der Waals surface area contributed by atoms with Crippen LogP contribution >= 0.6 is 12.4 Å². The lowest BCUT2D eigenvalue weighted by molar-refractivity contribution is -0.385. The molecule has 0 spiro atoms. The molecule has 0 aliphatic heterocycles. The molecule has 10 heteroatoms. The molecule has 1 heterocycles. The molecule has 0 unspecified atom stereocenters. The summed E-state index contributed by atoms with van der Waals surface area (Å²) in [5, 5.41) is 17.3. The number of aromatic nitrogens is 2. The Morgan fingerprint density at radius 1 is 1.46 bits per heavy atom. The van der Waals surface area contributed by atoms with E-state index in [2.05, 4.69) is 10.4 Å². The minimum atomic E-state index is -1.12. The number of hydrogen-bond acceptors (Lipinski definition) is 6. The molecule has 1 aromatic carbocycles. The Hall–Kier alpha value is -2.81. The number of anilines is 2. The highest BCUT2D eigenvalue weighted by atomic mass is 35.5. The summed E-state index contributed by atoms with van der Waals surface area (Å²) >= 11 is 0. The number of nitrogens with two attached hydrogens (primary N) is 1. The van der Waals surface area contributed by atoms with Crippen molar-refractivity contribution in [3.8, 4) is 5.75 Å². The van der Waals surface area contributed by atoms with Crippen molar-refractivity contribution in [3.63, 3.8) is 0 Å². The van der Waals surface area contributed by atoms with Crippen LogP contribution in [0.25, 0.3) is 0 Å². The minimum absolute atomic E-state index is 0. The van der Waals surface area contributed by atoms with Crippen molar-refractivity contribution in [2.24, 2.45) is 0 Å². The summed E-state index contributed by atoms with van der Waals surface area (Å²) in [6, 6.07) is 4.85. The van der Waals surface area contributed by atoms with E-state index in [1.54, 1.807) is 32.0 Å². The number of hydrogen-bond donors (Lipinski definition) is 2. The fourth-order valence-electron chi connectivity index (χ4n) is 1.91. The van der Waals surface area contributed by atoms with Crippen molar-refractivity contribution in [1.29, 1.82) is 0 Å². The third-order valence-corrected chi connectivity index (χ3v) is 3.40. The van der Waals surface area contributed by atoms with E-state index in [0.717, 1.165) is 6.20 Å². The highest BCUT2D eigenvalue weighted by Crippen LogP contribution is 2.26. The largest absolute Gasteiger partial charge is 0.495 e. The van der Waals surface area contributed by atoms with Gasteiger partial charge in [0.1, 0.15) is 23.7 Å². The van der Waals surface area contributed by atoms with Crippen molar-refractivity contribution in [1.82, 2.24) is 9.78 Å². The number of nitrogens with one attached hydrogen (secondary N) is 1. The molecule has 9 nitrogen and oxygen atoms in total. The number of rotatable bonds is 5. The van der Waals surface area contributed by atoms with Gasteiger partial charge in [-0.1, -0.05) is 0 Å². The van der Waals surface area contributed by atoms with Crippen molar-refractivity contribution in [3.05, 3.63) is 40.7 Å². The maximum absolute atomic E-state index is 12.5. The first-order valence-corrected chi connectivity index (χ1v) is 6.70. The summed E-state index contributed by atoms with van der Waals surface area (Å²) in [5.41, 5.74) is 5.37. The zero-order valence-corrected chi connectivity index (χ0v) is 14.2. The van der Waals surface area contributed by atoms with E-state index >= 15 is 0 Å². The van der Waals surface area contributed by atoms with Crippen LogP contribution in [0.3, 0.4) is 0 Å². The molecule has 0 saturated carbocycles. The van der Waals surface area contributed by atoms with E-state index in [1.807, 2.05) is 0 Å². The topological polar surface area (TPSA) is 125 Å². The Morgan fingerprint density at radius 3 is 2.62 bits per heavy atom. The van der Waals surface area contributed by atoms with Crippen molar-refractivity contribution in [2.45, 2.75) is 19.4 Å². The van der Waals surface area contributed by atoms with E-state index in [4.69, 9.17) is 10.5 Å². The smallest absolute Gasteiger partial charge is 0.307 e. The van der Waals surface area contributed by atoms with E-state index in [-0.39, 0.29) is 24.0 Å². The third kappa shape index (κ3) is 3.74. The lowest BCUT2D eigenvalue weighted by atomic mass is 10.0. The van der Waals surface area contributed by atoms with Gasteiger partial charge in [0.25, 0.3) is 5.91 Å². The minimum Gasteiger partial charge on any atom is -0.495 e. The molecule has 0 bridgehead atoms. The highest BCUT2D eigenvalue weighted by molar-refractivity contribution is 5.96. The van der Waals surface area contributed by atoms with Crippen LogP contribution in [0.4, 0.5) is 17.1 Å². The fraction of sp³-hybridized carbons (Fsp3) is 0.286. The highest BCUT2D eigenvalue weighted by Gasteiger charge is 2.32. The number of amides is 1. The van der Waals surface area contributed by atoms with Crippen molar-refractivity contribution < 1.29 is 14.5 Å². The molecule has 0 aliphatic carbocycles. The summed E-state index contributed by atoms with van der Waals surface area (Å²) in [6.07, 6.45) is 2.31. The van der Waals surface area contributed by atoms with Crippen molar-refractivity contribution >= 4 is 35.4 Å². The van der Waals surface area contributed by atoms with E-state index in [0.29, 0.717) is 17.1 Å². The number of ether oxygens (including phenoxy) is 1. The lowest BCUT2D eigenvalue weighted by Gasteiger charge is -2.24. The van der Waals surface area contributed by atoms with Crippen LogP contribution in [-0.4, -0.2) is 27.7 Å². The van der Waals surface area contributed by atoms with Gasteiger partial charge in [0.2, 0.25) is 0 Å². The lowest BCUT2D eigenvalue weighted by Crippen LogP contribution is -2.40. The molecular weight excluding hydrogens is 338 g/mol. The summed E-state index contributed by atoms with van der Waals surface area (Å²) in [7, 11) is 1.50. The van der Waals surface area contributed by atoms with Gasteiger partial charge < -0.3 is 15.8 Å². The number of carbonyl (C=O) groups excluding carboxylic acids is 1. The molecule has 24 heavy (non-hydrogen) atoms. The summed E-state index contributed by atoms with van der Waals surface area (Å²) in [6.45, 7) is 3.21. The number of carbonyl (C=O) groups is 1. The first-order chi connectivity index (χ1) is 10.8. The molecule has 2 aromatic rings. The van der Waals surface area contributed by atoms with Gasteiger partial charge in [-0.15, -0.1) is 12.4 Å². The Bertz CT molecular complexity index is 759. The maximum Gasteiger partial charge on any atom is 0.307 e. The van der Waals surface area contributed by atoms with E-state index in [1.165, 1.54) is 18.0 Å². The fourth-order valence-corrected chi connectivity index (χ4v) is 1.91. The van der Waals surface area contributed by atoms with Crippen LogP contribution in [0.2, 0.25) is 0 Å². The Balaban J connectivity index is 0.00000288. The van der Waals surface area contributed by atoms with Gasteiger partial charge in [0.15, 0.2) is 0 Å². The van der Waals surface area contributed by atoms with Crippen LogP contribution in [0, 0.1) is 10.1 Å². The predicted octanol–water partition coefficient (Wildman–Crippen LogP) is 2.18. The summed E-state index contributed by atoms with van der Waals surface area (Å²) in [4.78, 5) is 22.6. The molecule has 1 amide bonds. The first-order valence-electron chi connectivity index (χ1n) is 6.70. The summed E-state index contributed by atoms with van der Waals surface area (Å²) < 4.78 is 6.29. The zero-order valence-electron chi connectivity index (χ0n) is 13.3. The first kappa shape index (κ1) is 19.2. The van der Waals surface area contributed by atoms with Gasteiger partial charge in [0, 0.05) is 5.69 Å². The van der Waals surface area contributed by atoms with E-state index in [9.17, 15) is 14.9 Å². The molecule has 0 fully saturated rings. The molecule has 0 atom stereocenters. The number of benzene rings is 1. The third-order valence-electron chi connectivity index (χ3n) is 3.40.